The van der Waals surface area contributed by atoms with E-state index in [-0.39, 0.29) is 18.2 Å². The lowest BCUT2D eigenvalue weighted by Gasteiger charge is -2.13. The van der Waals surface area contributed by atoms with Crippen molar-refractivity contribution in [3.05, 3.63) is 35.9 Å². The van der Waals surface area contributed by atoms with Crippen LogP contribution < -0.4 is 9.64 Å². The van der Waals surface area contributed by atoms with Crippen molar-refractivity contribution in [3.63, 3.8) is 0 Å². The van der Waals surface area contributed by atoms with Crippen LogP contribution in [0.5, 0.6) is 5.75 Å². The Morgan fingerprint density at radius 2 is 1.90 bits per heavy atom. The second kappa shape index (κ2) is 7.07. The van der Waals surface area contributed by atoms with Crippen LogP contribution in [0.2, 0.25) is 0 Å². The molecule has 1 heterocycles. The maximum atomic E-state index is 12.3. The highest BCUT2D eigenvalue weighted by atomic mass is 16.5. The Morgan fingerprint density at radius 1 is 1.19 bits per heavy atom. The van der Waals surface area contributed by atoms with E-state index in [4.69, 9.17) is 4.74 Å². The molecule has 1 saturated heterocycles. The molecule has 4 heteroatoms. The molecular formula is C17H21NO3. The van der Waals surface area contributed by atoms with Gasteiger partial charge in [-0.2, -0.15) is 0 Å². The fourth-order valence-electron chi connectivity index (χ4n) is 2.40. The third-order valence-electron chi connectivity index (χ3n) is 3.60. The number of methoxy groups -OCH3 is 1. The Balaban J connectivity index is 2.10. The number of carbonyl (C=O) groups is 2. The largest absolute Gasteiger partial charge is 0.497 e. The van der Waals surface area contributed by atoms with E-state index < -0.39 is 0 Å². The molecule has 0 radical (unpaired) electrons. The predicted octanol–water partition coefficient (Wildman–Crippen LogP) is 3.47. The van der Waals surface area contributed by atoms with E-state index >= 15 is 0 Å². The van der Waals surface area contributed by atoms with E-state index in [0.717, 1.165) is 25.7 Å². The van der Waals surface area contributed by atoms with E-state index in [1.54, 1.807) is 31.4 Å². The maximum Gasteiger partial charge on any atom is 0.261 e. The highest BCUT2D eigenvalue weighted by Crippen LogP contribution is 2.28. The van der Waals surface area contributed by atoms with Gasteiger partial charge in [-0.05, 0) is 37.1 Å². The van der Waals surface area contributed by atoms with Gasteiger partial charge < -0.3 is 4.74 Å². The molecule has 1 aromatic carbocycles. The molecule has 112 valence electrons. The highest BCUT2D eigenvalue weighted by molar-refractivity contribution is 6.28. The Labute approximate surface area is 125 Å². The Morgan fingerprint density at radius 3 is 2.52 bits per heavy atom. The molecule has 0 bridgehead atoms. The molecule has 0 aromatic heterocycles. The standard InChI is InChI=1S/C17H21NO3/c1-3-4-5-6-7-13-12-16(19)18(17(13)20)14-8-10-15(21-2)11-9-14/h7-11H,3-6,12H2,1-2H3. The first kappa shape index (κ1) is 15.3. The average Bonchev–Trinajstić information content (AvgIpc) is 2.78. The van der Waals surface area contributed by atoms with Gasteiger partial charge in [-0.25, -0.2) is 4.90 Å². The normalized spacial score (nSPS) is 16.9. The van der Waals surface area contributed by atoms with Gasteiger partial charge in [0, 0.05) is 5.57 Å². The summed E-state index contributed by atoms with van der Waals surface area (Å²) in [6, 6.07) is 6.96. The molecule has 0 aliphatic carbocycles. The number of anilines is 1. The average molecular weight is 287 g/mol. The summed E-state index contributed by atoms with van der Waals surface area (Å²) in [6.45, 7) is 2.14. The summed E-state index contributed by atoms with van der Waals surface area (Å²) in [5.41, 5.74) is 1.22. The topological polar surface area (TPSA) is 46.6 Å². The van der Waals surface area contributed by atoms with Crippen molar-refractivity contribution in [3.8, 4) is 5.75 Å². The Hall–Kier alpha value is -2.10. The Bertz CT molecular complexity index is 546. The van der Waals surface area contributed by atoms with Crippen molar-refractivity contribution in [1.29, 1.82) is 0 Å². The zero-order valence-corrected chi connectivity index (χ0v) is 12.6. The van der Waals surface area contributed by atoms with Gasteiger partial charge in [0.05, 0.1) is 19.2 Å². The van der Waals surface area contributed by atoms with Gasteiger partial charge in [-0.3, -0.25) is 9.59 Å². The Kier molecular flexibility index (Phi) is 5.14. The van der Waals surface area contributed by atoms with Gasteiger partial charge in [0.1, 0.15) is 5.75 Å². The van der Waals surface area contributed by atoms with E-state index in [1.807, 2.05) is 6.08 Å². The predicted molar refractivity (Wildman–Crippen MR) is 82.3 cm³/mol. The lowest BCUT2D eigenvalue weighted by molar-refractivity contribution is -0.120. The van der Waals surface area contributed by atoms with Crippen molar-refractivity contribution in [2.45, 2.75) is 39.0 Å². The van der Waals surface area contributed by atoms with Gasteiger partial charge in [0.15, 0.2) is 0 Å². The quantitative estimate of drug-likeness (QED) is 0.457. The van der Waals surface area contributed by atoms with Crippen LogP contribution in [-0.4, -0.2) is 18.9 Å². The van der Waals surface area contributed by atoms with Gasteiger partial charge in [0.25, 0.3) is 5.91 Å². The monoisotopic (exact) mass is 287 g/mol. The lowest BCUT2D eigenvalue weighted by atomic mass is 10.1. The molecule has 0 spiro atoms. The second-order valence-electron chi connectivity index (χ2n) is 5.13. The summed E-state index contributed by atoms with van der Waals surface area (Å²) in [5.74, 6) is 0.349. The highest BCUT2D eigenvalue weighted by Gasteiger charge is 2.34. The third-order valence-corrected chi connectivity index (χ3v) is 3.60. The van der Waals surface area contributed by atoms with Gasteiger partial charge in [-0.15, -0.1) is 0 Å². The number of amides is 2. The van der Waals surface area contributed by atoms with Crippen molar-refractivity contribution in [1.82, 2.24) is 0 Å². The number of hydrogen-bond donors (Lipinski definition) is 0. The first-order chi connectivity index (χ1) is 10.2. The third kappa shape index (κ3) is 3.51. The van der Waals surface area contributed by atoms with Crippen LogP contribution in [0.4, 0.5) is 5.69 Å². The van der Waals surface area contributed by atoms with Crippen LogP contribution in [0, 0.1) is 0 Å². The minimum atomic E-state index is -0.193. The first-order valence-electron chi connectivity index (χ1n) is 7.37. The summed E-state index contributed by atoms with van der Waals surface area (Å²) < 4.78 is 5.08. The molecule has 1 fully saturated rings. The molecule has 4 nitrogen and oxygen atoms in total. The van der Waals surface area contributed by atoms with Gasteiger partial charge >= 0.3 is 0 Å². The zero-order chi connectivity index (χ0) is 15.2. The molecular weight excluding hydrogens is 266 g/mol. The lowest BCUT2D eigenvalue weighted by Crippen LogP contribution is -2.28. The van der Waals surface area contributed by atoms with E-state index in [1.165, 1.54) is 4.90 Å². The molecule has 0 saturated carbocycles. The van der Waals surface area contributed by atoms with E-state index in [2.05, 4.69) is 6.92 Å². The van der Waals surface area contributed by atoms with Crippen LogP contribution in [0.3, 0.4) is 0 Å². The number of carbonyl (C=O) groups excluding carboxylic acids is 2. The summed E-state index contributed by atoms with van der Waals surface area (Å²) in [6.07, 6.45) is 6.33. The number of hydrogen-bond acceptors (Lipinski definition) is 3. The molecule has 21 heavy (non-hydrogen) atoms. The van der Waals surface area contributed by atoms with Gasteiger partial charge in [-0.1, -0.05) is 25.8 Å². The van der Waals surface area contributed by atoms with Crippen LogP contribution in [0.15, 0.2) is 35.9 Å². The summed E-state index contributed by atoms with van der Waals surface area (Å²) in [5, 5.41) is 0. The summed E-state index contributed by atoms with van der Waals surface area (Å²) >= 11 is 0. The van der Waals surface area contributed by atoms with Crippen molar-refractivity contribution < 1.29 is 14.3 Å². The number of imide groups is 1. The number of rotatable bonds is 6. The van der Waals surface area contributed by atoms with E-state index in [0.29, 0.717) is 17.0 Å². The summed E-state index contributed by atoms with van der Waals surface area (Å²) in [7, 11) is 1.58. The fourth-order valence-corrected chi connectivity index (χ4v) is 2.40. The molecule has 0 unspecified atom stereocenters. The smallest absolute Gasteiger partial charge is 0.261 e. The SMILES string of the molecule is CCCCCC=C1CC(=O)N(c2ccc(OC)cc2)C1=O. The molecule has 1 aliphatic rings. The summed E-state index contributed by atoms with van der Waals surface area (Å²) in [4.78, 5) is 25.7. The van der Waals surface area contributed by atoms with Crippen LogP contribution in [0.25, 0.3) is 0 Å². The van der Waals surface area contributed by atoms with Crippen LogP contribution >= 0.6 is 0 Å². The van der Waals surface area contributed by atoms with Gasteiger partial charge in [0.2, 0.25) is 5.91 Å². The number of ether oxygens (including phenoxy) is 1. The van der Waals surface area contributed by atoms with Crippen molar-refractivity contribution in [2.75, 3.05) is 12.0 Å². The molecule has 0 atom stereocenters. The number of allylic oxidation sites excluding steroid dienone is 1. The van der Waals surface area contributed by atoms with Crippen molar-refractivity contribution >= 4 is 17.5 Å². The maximum absolute atomic E-state index is 12.3. The molecule has 2 rings (SSSR count). The van der Waals surface area contributed by atoms with Crippen molar-refractivity contribution in [2.24, 2.45) is 0 Å². The van der Waals surface area contributed by atoms with E-state index in [9.17, 15) is 9.59 Å². The molecule has 0 N–H and O–H groups in total. The molecule has 2 amide bonds. The first-order valence-corrected chi connectivity index (χ1v) is 7.37. The molecule has 1 aromatic rings. The van der Waals surface area contributed by atoms with Crippen LogP contribution in [0.1, 0.15) is 39.0 Å². The second-order valence-corrected chi connectivity index (χ2v) is 5.13. The molecule has 1 aliphatic heterocycles. The number of unbranched alkanes of at least 4 members (excludes halogenated alkanes) is 3. The number of nitrogens with zero attached hydrogens (tertiary/aromatic N) is 1. The number of benzene rings is 1. The minimum Gasteiger partial charge on any atom is -0.497 e. The fraction of sp³-hybridized carbons (Fsp3) is 0.412. The zero-order valence-electron chi connectivity index (χ0n) is 12.6. The minimum absolute atomic E-state index is 0.160. The van der Waals surface area contributed by atoms with Crippen LogP contribution in [-0.2, 0) is 9.59 Å².